The van der Waals surface area contributed by atoms with Crippen LogP contribution < -0.4 is 0 Å². The molecule has 2 fully saturated rings. The van der Waals surface area contributed by atoms with Crippen LogP contribution in [0.1, 0.15) is 60.8 Å². The van der Waals surface area contributed by atoms with Gasteiger partial charge in [0.25, 0.3) is 0 Å². The van der Waals surface area contributed by atoms with E-state index in [9.17, 15) is 0 Å². The van der Waals surface area contributed by atoms with Gasteiger partial charge in [-0.15, -0.1) is 0 Å². The summed E-state index contributed by atoms with van der Waals surface area (Å²) < 4.78 is 0. The summed E-state index contributed by atoms with van der Waals surface area (Å²) in [5, 5.41) is 0. The Morgan fingerprint density at radius 3 is 2.13 bits per heavy atom. The van der Waals surface area contributed by atoms with Gasteiger partial charge >= 0.3 is 0 Å². The van der Waals surface area contributed by atoms with Crippen LogP contribution in [-0.4, -0.2) is 0 Å². The van der Waals surface area contributed by atoms with Crippen molar-refractivity contribution in [2.75, 3.05) is 0 Å². The molecule has 0 nitrogen and oxygen atoms in total. The van der Waals surface area contributed by atoms with Gasteiger partial charge in [-0.25, -0.2) is 0 Å². The Morgan fingerprint density at radius 2 is 1.87 bits per heavy atom. The van der Waals surface area contributed by atoms with Crippen LogP contribution in [0.25, 0.3) is 0 Å². The predicted octanol–water partition coefficient (Wildman–Crippen LogP) is 4.74. The molecule has 0 heterocycles. The van der Waals surface area contributed by atoms with Crippen LogP contribution in [0.4, 0.5) is 0 Å². The normalized spacial score (nSPS) is 53.4. The molecule has 5 unspecified atom stereocenters. The second kappa shape index (κ2) is 3.25. The summed E-state index contributed by atoms with van der Waals surface area (Å²) in [6.45, 7) is 14.7. The van der Waals surface area contributed by atoms with Crippen LogP contribution in [0.3, 0.4) is 0 Å². The summed E-state index contributed by atoms with van der Waals surface area (Å²) in [6, 6.07) is 0. The lowest BCUT2D eigenvalue weighted by molar-refractivity contribution is 0.226. The zero-order chi connectivity index (χ0) is 11.4. The fourth-order valence-electron chi connectivity index (χ4n) is 5.31. The molecule has 2 rings (SSSR count). The molecule has 0 aromatic heterocycles. The van der Waals surface area contributed by atoms with Crippen molar-refractivity contribution in [3.8, 4) is 0 Å². The summed E-state index contributed by atoms with van der Waals surface area (Å²) >= 11 is 0. The van der Waals surface area contributed by atoms with Crippen LogP contribution in [0, 0.1) is 34.5 Å². The number of hydrogen-bond acceptors (Lipinski definition) is 0. The van der Waals surface area contributed by atoms with Gasteiger partial charge in [0.05, 0.1) is 0 Å². The van der Waals surface area contributed by atoms with Crippen molar-refractivity contribution in [3.63, 3.8) is 0 Å². The molecule has 2 saturated carbocycles. The van der Waals surface area contributed by atoms with Crippen LogP contribution in [-0.2, 0) is 0 Å². The van der Waals surface area contributed by atoms with Crippen LogP contribution >= 0.6 is 0 Å². The van der Waals surface area contributed by atoms with Gasteiger partial charge in [-0.2, -0.15) is 0 Å². The van der Waals surface area contributed by atoms with E-state index >= 15 is 0 Å². The quantitative estimate of drug-likeness (QED) is 0.626. The molecule has 0 spiro atoms. The molecule has 0 amide bonds. The second-order valence-corrected chi connectivity index (χ2v) is 6.56. The topological polar surface area (TPSA) is 0 Å². The molecule has 0 aromatic rings. The first-order valence-electron chi connectivity index (χ1n) is 6.96. The summed E-state index contributed by atoms with van der Waals surface area (Å²) in [5.41, 5.74) is 1.35. The SMILES string of the molecule is CCC1CC1C1(C)C(C)C1(CC)C(C)C. The standard InChI is InChI=1S/C15H28/c1-7-12-9-13(12)14(6)11(5)15(14,8-2)10(3)4/h10-13H,7-9H2,1-6H3. The fourth-order valence-corrected chi connectivity index (χ4v) is 5.31. The Hall–Kier alpha value is 0. The van der Waals surface area contributed by atoms with Crippen molar-refractivity contribution in [1.82, 2.24) is 0 Å². The van der Waals surface area contributed by atoms with E-state index in [1.807, 2.05) is 0 Å². The molecule has 2 aliphatic rings. The van der Waals surface area contributed by atoms with Crippen molar-refractivity contribution in [1.29, 1.82) is 0 Å². The van der Waals surface area contributed by atoms with E-state index in [4.69, 9.17) is 0 Å². The van der Waals surface area contributed by atoms with Crippen molar-refractivity contribution in [3.05, 3.63) is 0 Å². The lowest BCUT2D eigenvalue weighted by atomic mass is 9.79. The van der Waals surface area contributed by atoms with E-state index in [1.165, 1.54) is 19.3 Å². The Morgan fingerprint density at radius 1 is 1.27 bits per heavy atom. The number of hydrogen-bond donors (Lipinski definition) is 0. The van der Waals surface area contributed by atoms with Crippen LogP contribution in [0.15, 0.2) is 0 Å². The van der Waals surface area contributed by atoms with E-state index in [2.05, 4.69) is 41.5 Å². The van der Waals surface area contributed by atoms with Crippen molar-refractivity contribution < 1.29 is 0 Å². The summed E-state index contributed by atoms with van der Waals surface area (Å²) in [7, 11) is 0. The van der Waals surface area contributed by atoms with Crippen LogP contribution in [0.5, 0.6) is 0 Å². The van der Waals surface area contributed by atoms with E-state index in [1.54, 1.807) is 0 Å². The third kappa shape index (κ3) is 1.14. The Kier molecular flexibility index (Phi) is 2.48. The molecule has 0 heteroatoms. The largest absolute Gasteiger partial charge is 0.0651 e. The molecule has 2 aliphatic carbocycles. The lowest BCUT2D eigenvalue weighted by Crippen LogP contribution is -2.19. The minimum absolute atomic E-state index is 0.668. The molecule has 0 radical (unpaired) electrons. The fraction of sp³-hybridized carbons (Fsp3) is 1.00. The molecular weight excluding hydrogens is 180 g/mol. The van der Waals surface area contributed by atoms with Crippen molar-refractivity contribution in [2.24, 2.45) is 34.5 Å². The second-order valence-electron chi connectivity index (χ2n) is 6.56. The lowest BCUT2D eigenvalue weighted by Gasteiger charge is -2.26. The minimum Gasteiger partial charge on any atom is -0.0651 e. The maximum atomic E-state index is 2.58. The highest BCUT2D eigenvalue weighted by Gasteiger charge is 2.76. The van der Waals surface area contributed by atoms with Gasteiger partial charge in [0, 0.05) is 0 Å². The average Bonchev–Trinajstić information content (AvgIpc) is 3.04. The van der Waals surface area contributed by atoms with E-state index < -0.39 is 0 Å². The highest BCUT2D eigenvalue weighted by atomic mass is 14.8. The average molecular weight is 208 g/mol. The molecule has 0 aliphatic heterocycles. The molecular formula is C15H28. The van der Waals surface area contributed by atoms with Gasteiger partial charge in [0.1, 0.15) is 0 Å². The van der Waals surface area contributed by atoms with Gasteiger partial charge < -0.3 is 0 Å². The van der Waals surface area contributed by atoms with Gasteiger partial charge in [-0.3, -0.25) is 0 Å². The van der Waals surface area contributed by atoms with Crippen molar-refractivity contribution in [2.45, 2.75) is 60.8 Å². The van der Waals surface area contributed by atoms with Gasteiger partial charge in [-0.1, -0.05) is 48.0 Å². The van der Waals surface area contributed by atoms with Gasteiger partial charge in [-0.05, 0) is 47.3 Å². The first-order chi connectivity index (χ1) is 6.96. The zero-order valence-corrected chi connectivity index (χ0v) is 11.4. The van der Waals surface area contributed by atoms with Gasteiger partial charge in [0.15, 0.2) is 0 Å². The Balaban J connectivity index is 2.18. The minimum atomic E-state index is 0.668. The highest BCUT2D eigenvalue weighted by Crippen LogP contribution is 2.82. The third-order valence-corrected chi connectivity index (χ3v) is 6.42. The molecule has 0 bridgehead atoms. The first-order valence-corrected chi connectivity index (χ1v) is 6.96. The molecule has 5 atom stereocenters. The number of rotatable bonds is 4. The van der Waals surface area contributed by atoms with Crippen molar-refractivity contribution >= 4 is 0 Å². The third-order valence-electron chi connectivity index (χ3n) is 6.42. The Labute approximate surface area is 95.8 Å². The predicted molar refractivity (Wildman–Crippen MR) is 66.7 cm³/mol. The summed E-state index contributed by atoms with van der Waals surface area (Å²) in [4.78, 5) is 0. The van der Waals surface area contributed by atoms with E-state index in [0.29, 0.717) is 10.8 Å². The monoisotopic (exact) mass is 208 g/mol. The molecule has 88 valence electrons. The maximum Gasteiger partial charge on any atom is -0.0187 e. The maximum absolute atomic E-state index is 2.58. The molecule has 0 N–H and O–H groups in total. The van der Waals surface area contributed by atoms with E-state index in [0.717, 1.165) is 23.7 Å². The Bertz CT molecular complexity index is 255. The molecule has 0 saturated heterocycles. The first kappa shape index (κ1) is 11.5. The highest BCUT2D eigenvalue weighted by molar-refractivity contribution is 5.24. The smallest absolute Gasteiger partial charge is 0.0187 e. The summed E-state index contributed by atoms with van der Waals surface area (Å²) in [6.07, 6.45) is 4.31. The molecule has 15 heavy (non-hydrogen) atoms. The van der Waals surface area contributed by atoms with Gasteiger partial charge in [0.2, 0.25) is 0 Å². The molecule has 0 aromatic carbocycles. The summed E-state index contributed by atoms with van der Waals surface area (Å²) in [5.74, 6) is 3.93. The van der Waals surface area contributed by atoms with Crippen LogP contribution in [0.2, 0.25) is 0 Å². The van der Waals surface area contributed by atoms with E-state index in [-0.39, 0.29) is 0 Å². The zero-order valence-electron chi connectivity index (χ0n) is 11.4.